The molecule has 0 saturated carbocycles. The predicted octanol–water partition coefficient (Wildman–Crippen LogP) is 3.13. The van der Waals surface area contributed by atoms with Crippen molar-refractivity contribution in [3.63, 3.8) is 0 Å². The van der Waals surface area contributed by atoms with Gasteiger partial charge in [-0.3, -0.25) is 0 Å². The fraction of sp³-hybridized carbons (Fsp3) is 0.529. The first-order valence-corrected chi connectivity index (χ1v) is 15.9. The number of phenolic OH excluding ortho intramolecular Hbond substituents is 2. The van der Waals surface area contributed by atoms with Crippen LogP contribution in [0.15, 0.2) is 46.7 Å². The van der Waals surface area contributed by atoms with E-state index in [1.807, 2.05) is 12.2 Å². The Morgan fingerprint density at radius 2 is 1.14 bits per heavy atom. The predicted molar refractivity (Wildman–Crippen MR) is 159 cm³/mol. The number of aromatic hydroxyl groups is 2. The normalized spacial score (nSPS) is 41.8. The lowest BCUT2D eigenvalue weighted by Gasteiger charge is -2.56. The summed E-state index contributed by atoms with van der Waals surface area (Å²) in [7, 11) is 4.31. The molecule has 4 N–H and O–H groups in total. The second kappa shape index (κ2) is 8.23. The molecule has 0 amide bonds. The zero-order valence-electron chi connectivity index (χ0n) is 24.7. The molecule has 4 bridgehead atoms. The first-order chi connectivity index (χ1) is 21.2. The summed E-state index contributed by atoms with van der Waals surface area (Å²) in [6.07, 6.45) is 8.72. The lowest BCUT2D eigenvalue weighted by molar-refractivity contribution is -0.0453. The Labute approximate surface area is 254 Å². The molecule has 2 spiro atoms. The van der Waals surface area contributed by atoms with Crippen molar-refractivity contribution in [3.8, 4) is 23.0 Å². The van der Waals surface area contributed by atoms with Gasteiger partial charge >= 0.3 is 0 Å². The summed E-state index contributed by atoms with van der Waals surface area (Å²) < 4.78 is 12.7. The van der Waals surface area contributed by atoms with E-state index in [9.17, 15) is 20.4 Å². The van der Waals surface area contributed by atoms with E-state index in [1.54, 1.807) is 12.1 Å². The van der Waals surface area contributed by atoms with Gasteiger partial charge in [-0.15, -0.1) is 0 Å². The number of azo groups is 1. The second-order valence-corrected chi connectivity index (χ2v) is 14.4. The maximum absolute atomic E-state index is 11.3. The smallest absolute Gasteiger partial charge is 0.165 e. The number of aliphatic hydroxyl groups excluding tert-OH is 2. The first kappa shape index (κ1) is 25.8. The van der Waals surface area contributed by atoms with E-state index in [0.29, 0.717) is 22.9 Å². The molecule has 2 aromatic carbocycles. The number of phenols is 2. The molecule has 10 rings (SSSR count). The number of hydrogen-bond acceptors (Lipinski definition) is 10. The first-order valence-electron chi connectivity index (χ1n) is 15.9. The summed E-state index contributed by atoms with van der Waals surface area (Å²) in [5.74, 6) is 1.31. The molecule has 4 aliphatic heterocycles. The fourth-order valence-corrected chi connectivity index (χ4v) is 10.9. The minimum Gasteiger partial charge on any atom is -0.504 e. The molecule has 0 unspecified atom stereocenters. The molecular formula is C34H36N4O6. The van der Waals surface area contributed by atoms with E-state index in [0.717, 1.165) is 61.0 Å². The van der Waals surface area contributed by atoms with Crippen molar-refractivity contribution in [3.05, 3.63) is 58.7 Å². The van der Waals surface area contributed by atoms with Gasteiger partial charge in [-0.1, -0.05) is 24.3 Å². The van der Waals surface area contributed by atoms with Gasteiger partial charge in [0.2, 0.25) is 0 Å². The van der Waals surface area contributed by atoms with Gasteiger partial charge in [0.1, 0.15) is 24.4 Å². The minimum absolute atomic E-state index is 0.0139. The van der Waals surface area contributed by atoms with Gasteiger partial charge in [-0.25, -0.2) is 0 Å². The molecule has 2 fully saturated rings. The van der Waals surface area contributed by atoms with Gasteiger partial charge in [-0.2, -0.15) is 10.2 Å². The highest BCUT2D eigenvalue weighted by Crippen LogP contribution is 2.66. The molecule has 8 aliphatic rings. The number of aliphatic hydroxyl groups is 2. The highest BCUT2D eigenvalue weighted by molar-refractivity contribution is 5.72. The van der Waals surface area contributed by atoms with E-state index in [2.05, 4.69) is 36.0 Å². The lowest BCUT2D eigenvalue weighted by atomic mass is 9.53. The van der Waals surface area contributed by atoms with Crippen LogP contribution in [-0.4, -0.2) is 93.9 Å². The van der Waals surface area contributed by atoms with Crippen molar-refractivity contribution in [2.45, 2.75) is 73.0 Å². The molecule has 44 heavy (non-hydrogen) atoms. The number of piperidine rings is 2. The fourth-order valence-electron chi connectivity index (χ4n) is 10.9. The summed E-state index contributed by atoms with van der Waals surface area (Å²) in [4.78, 5) is 4.78. The highest BCUT2D eigenvalue weighted by Gasteiger charge is 2.66. The van der Waals surface area contributed by atoms with Crippen LogP contribution in [0.3, 0.4) is 0 Å². The Morgan fingerprint density at radius 3 is 1.57 bits per heavy atom. The summed E-state index contributed by atoms with van der Waals surface area (Å²) >= 11 is 0. The number of likely N-dealkylation sites (N-methyl/N-ethyl adjacent to an activating group) is 2. The largest absolute Gasteiger partial charge is 0.504 e. The highest BCUT2D eigenvalue weighted by atomic mass is 16.5. The third-order valence-corrected chi connectivity index (χ3v) is 12.8. The molecule has 0 aromatic heterocycles. The molecule has 4 heterocycles. The van der Waals surface area contributed by atoms with Crippen LogP contribution < -0.4 is 9.47 Å². The monoisotopic (exact) mass is 596 g/mol. The zero-order chi connectivity index (χ0) is 29.9. The molecule has 4 aliphatic carbocycles. The Hall–Kier alpha value is -3.44. The third kappa shape index (κ3) is 2.79. The summed E-state index contributed by atoms with van der Waals surface area (Å²) in [5, 5.41) is 54.2. The van der Waals surface area contributed by atoms with E-state index in [-0.39, 0.29) is 35.4 Å². The standard InChI is InChI=1S/C34H36N4O6/c1-37-9-7-33-17-3-5-23(39)31(33)43-29-25(41)13-19(15(27(29)33)11-21(17)37)35-36-20-14-26(42)30-28-16(20)12-22-18-4-6-24(40)32(44-30)34(18,28)8-10-38(22)2/h3-6,13-14,17-18,21-24,31-32,39-42H,7-12H2,1-2H3/t17-,18-,21+,22+,23-,24-,31-,32-,33-,34-/m0/s1. The van der Waals surface area contributed by atoms with Gasteiger partial charge in [-0.05, 0) is 64.0 Å². The molecule has 10 atom stereocenters. The summed E-state index contributed by atoms with van der Waals surface area (Å²) in [5.41, 5.74) is 4.31. The van der Waals surface area contributed by atoms with Crippen molar-refractivity contribution in [1.29, 1.82) is 0 Å². The van der Waals surface area contributed by atoms with Crippen LogP contribution in [0, 0.1) is 11.8 Å². The van der Waals surface area contributed by atoms with Crippen molar-refractivity contribution in [2.75, 3.05) is 27.2 Å². The van der Waals surface area contributed by atoms with Crippen molar-refractivity contribution in [2.24, 2.45) is 22.1 Å². The van der Waals surface area contributed by atoms with Crippen molar-refractivity contribution >= 4 is 11.4 Å². The van der Waals surface area contributed by atoms with Gasteiger partial charge in [0.05, 0.1) is 11.4 Å². The third-order valence-electron chi connectivity index (χ3n) is 12.8. The SMILES string of the molecule is CN1CC[C@]23c4c5c(N=Nc6cc(O)c7c8c6C[C@@H]6[C@@H]9C=C[C@H](O)[C@H](O7)[C@]89CCN6C)cc(O)c4O[C@H]2[C@@H](O)C=C[C@H]3[C@H]1C5. The van der Waals surface area contributed by atoms with Crippen LogP contribution in [0.4, 0.5) is 11.4 Å². The van der Waals surface area contributed by atoms with Gasteiger partial charge in [0, 0.05) is 58.0 Å². The Kier molecular flexibility index (Phi) is 4.83. The molecule has 10 heteroatoms. The second-order valence-electron chi connectivity index (χ2n) is 14.4. The van der Waals surface area contributed by atoms with Gasteiger partial charge in [0.15, 0.2) is 23.0 Å². The Bertz CT molecular complexity index is 1630. The number of benzene rings is 2. The number of ether oxygens (including phenoxy) is 2. The lowest BCUT2D eigenvalue weighted by Crippen LogP contribution is -2.64. The van der Waals surface area contributed by atoms with Crippen LogP contribution in [0.1, 0.15) is 35.1 Å². The average Bonchev–Trinajstić information content (AvgIpc) is 3.54. The van der Waals surface area contributed by atoms with E-state index in [1.165, 1.54) is 0 Å². The summed E-state index contributed by atoms with van der Waals surface area (Å²) in [6, 6.07) is 3.70. The molecular weight excluding hydrogens is 560 g/mol. The molecule has 228 valence electrons. The van der Waals surface area contributed by atoms with Crippen molar-refractivity contribution in [1.82, 2.24) is 9.80 Å². The van der Waals surface area contributed by atoms with Crippen LogP contribution in [0.5, 0.6) is 23.0 Å². The number of likely N-dealkylation sites (tertiary alicyclic amines) is 2. The van der Waals surface area contributed by atoms with Crippen LogP contribution >= 0.6 is 0 Å². The molecule has 2 saturated heterocycles. The van der Waals surface area contributed by atoms with E-state index < -0.39 is 35.2 Å². The van der Waals surface area contributed by atoms with E-state index in [4.69, 9.17) is 19.7 Å². The van der Waals surface area contributed by atoms with Crippen molar-refractivity contribution < 1.29 is 29.9 Å². The average molecular weight is 597 g/mol. The number of nitrogens with zero attached hydrogens (tertiary/aromatic N) is 4. The van der Waals surface area contributed by atoms with E-state index >= 15 is 0 Å². The Morgan fingerprint density at radius 1 is 0.705 bits per heavy atom. The quantitative estimate of drug-likeness (QED) is 0.308. The molecule has 0 radical (unpaired) electrons. The number of hydrogen-bond donors (Lipinski definition) is 4. The van der Waals surface area contributed by atoms with Crippen LogP contribution in [-0.2, 0) is 23.7 Å². The maximum Gasteiger partial charge on any atom is 0.165 e. The minimum atomic E-state index is -0.749. The van der Waals surface area contributed by atoms with Crippen LogP contribution in [0.25, 0.3) is 0 Å². The van der Waals surface area contributed by atoms with Gasteiger partial charge in [0.25, 0.3) is 0 Å². The summed E-state index contributed by atoms with van der Waals surface area (Å²) in [6.45, 7) is 1.77. The molecule has 2 aromatic rings. The van der Waals surface area contributed by atoms with Gasteiger partial charge < -0.3 is 39.7 Å². The Balaban J connectivity index is 1.14. The zero-order valence-corrected chi connectivity index (χ0v) is 24.7. The molecule has 10 nitrogen and oxygen atoms in total. The van der Waals surface area contributed by atoms with Crippen LogP contribution in [0.2, 0.25) is 0 Å². The topological polar surface area (TPSA) is 131 Å². The number of rotatable bonds is 2. The maximum atomic E-state index is 11.3.